The number of aliphatic hydroxyl groups is 2. The van der Waals surface area contributed by atoms with Crippen molar-refractivity contribution in [3.63, 3.8) is 0 Å². The zero-order valence-corrected chi connectivity index (χ0v) is 14.2. The van der Waals surface area contributed by atoms with E-state index in [4.69, 9.17) is 0 Å². The molecule has 2 heteroatoms. The van der Waals surface area contributed by atoms with Crippen molar-refractivity contribution in [3.8, 4) is 0 Å². The van der Waals surface area contributed by atoms with E-state index in [2.05, 4.69) is 39.0 Å². The van der Waals surface area contributed by atoms with Crippen LogP contribution in [0.5, 0.6) is 0 Å². The molecule has 122 valence electrons. The normalized spacial score (nSPS) is 52.5. The van der Waals surface area contributed by atoms with Crippen LogP contribution < -0.4 is 0 Å². The molecule has 4 aliphatic carbocycles. The molecule has 0 aliphatic heterocycles. The van der Waals surface area contributed by atoms with Crippen molar-refractivity contribution in [2.75, 3.05) is 0 Å². The third kappa shape index (κ3) is 1.69. The molecule has 3 saturated carbocycles. The first-order valence-electron chi connectivity index (χ1n) is 9.11. The van der Waals surface area contributed by atoms with Crippen LogP contribution in [0, 0.1) is 34.5 Å². The summed E-state index contributed by atoms with van der Waals surface area (Å²) in [7, 11) is 0. The molecule has 0 saturated heterocycles. The maximum absolute atomic E-state index is 10.6. The molecule has 22 heavy (non-hydrogen) atoms. The summed E-state index contributed by atoms with van der Waals surface area (Å²) in [6.07, 6.45) is 13.2. The minimum atomic E-state index is -1.46. The first-order chi connectivity index (χ1) is 10.3. The Morgan fingerprint density at radius 1 is 1.09 bits per heavy atom. The molecule has 0 bridgehead atoms. The van der Waals surface area contributed by atoms with Gasteiger partial charge in [0.05, 0.1) is 0 Å². The Kier molecular flexibility index (Phi) is 3.05. The number of allylic oxidation sites excluding steroid dienone is 4. The fraction of sp³-hybridized carbons (Fsp3) is 0.800. The van der Waals surface area contributed by atoms with Gasteiger partial charge >= 0.3 is 0 Å². The fourth-order valence-electron chi connectivity index (χ4n) is 6.68. The summed E-state index contributed by atoms with van der Waals surface area (Å²) < 4.78 is 0. The summed E-state index contributed by atoms with van der Waals surface area (Å²) >= 11 is 0. The van der Waals surface area contributed by atoms with Crippen LogP contribution >= 0.6 is 0 Å². The van der Waals surface area contributed by atoms with Crippen molar-refractivity contribution in [1.82, 2.24) is 0 Å². The molecule has 0 heterocycles. The summed E-state index contributed by atoms with van der Waals surface area (Å²) in [5.41, 5.74) is 1.55. The maximum atomic E-state index is 10.6. The van der Waals surface area contributed by atoms with Gasteiger partial charge in [-0.15, -0.1) is 0 Å². The summed E-state index contributed by atoms with van der Waals surface area (Å²) in [6.45, 7) is 6.97. The average molecular weight is 302 g/mol. The minimum absolute atomic E-state index is 0.215. The van der Waals surface area contributed by atoms with Crippen molar-refractivity contribution >= 4 is 0 Å². The Hall–Kier alpha value is -0.600. The van der Waals surface area contributed by atoms with E-state index in [9.17, 15) is 10.2 Å². The van der Waals surface area contributed by atoms with Crippen LogP contribution in [0.4, 0.5) is 0 Å². The molecule has 0 amide bonds. The molecule has 1 unspecified atom stereocenters. The van der Waals surface area contributed by atoms with Gasteiger partial charge in [-0.1, -0.05) is 44.6 Å². The van der Waals surface area contributed by atoms with Gasteiger partial charge in [0.25, 0.3) is 0 Å². The lowest BCUT2D eigenvalue weighted by atomic mass is 9.46. The summed E-state index contributed by atoms with van der Waals surface area (Å²) in [5.74, 6) is 0.970. The molecular weight excluding hydrogens is 272 g/mol. The monoisotopic (exact) mass is 302 g/mol. The molecule has 2 N–H and O–H groups in total. The van der Waals surface area contributed by atoms with Crippen LogP contribution in [0.3, 0.4) is 0 Å². The molecule has 2 nitrogen and oxygen atoms in total. The highest BCUT2D eigenvalue weighted by atomic mass is 16.5. The number of fused-ring (bicyclic) bond motifs is 5. The van der Waals surface area contributed by atoms with Crippen LogP contribution in [0.1, 0.15) is 59.3 Å². The molecule has 0 aromatic carbocycles. The molecule has 4 rings (SSSR count). The Balaban J connectivity index is 1.75. The van der Waals surface area contributed by atoms with E-state index in [-0.39, 0.29) is 10.8 Å². The van der Waals surface area contributed by atoms with E-state index in [1.807, 2.05) is 0 Å². The van der Waals surface area contributed by atoms with Gasteiger partial charge in [0.1, 0.15) is 0 Å². The highest BCUT2D eigenvalue weighted by Gasteiger charge is 2.64. The van der Waals surface area contributed by atoms with Crippen molar-refractivity contribution in [3.05, 3.63) is 23.8 Å². The van der Waals surface area contributed by atoms with Crippen LogP contribution in [-0.2, 0) is 0 Å². The lowest BCUT2D eigenvalue weighted by Crippen LogP contribution is -2.56. The third-order valence-electron chi connectivity index (χ3n) is 8.07. The highest BCUT2D eigenvalue weighted by Crippen LogP contribution is 2.67. The third-order valence-corrected chi connectivity index (χ3v) is 8.07. The smallest absolute Gasteiger partial charge is 0.168 e. The largest absolute Gasteiger partial charge is 0.365 e. The molecule has 4 aliphatic rings. The first-order valence-corrected chi connectivity index (χ1v) is 9.11. The molecule has 0 aromatic heterocycles. The van der Waals surface area contributed by atoms with E-state index < -0.39 is 5.79 Å². The van der Waals surface area contributed by atoms with Gasteiger partial charge in [-0.3, -0.25) is 0 Å². The quantitative estimate of drug-likeness (QED) is 0.523. The maximum Gasteiger partial charge on any atom is 0.168 e. The Morgan fingerprint density at radius 2 is 1.82 bits per heavy atom. The van der Waals surface area contributed by atoms with Crippen LogP contribution in [0.15, 0.2) is 23.8 Å². The second kappa shape index (κ2) is 4.48. The lowest BCUT2D eigenvalue weighted by Gasteiger charge is -2.59. The van der Waals surface area contributed by atoms with Gasteiger partial charge in [-0.25, -0.2) is 0 Å². The van der Waals surface area contributed by atoms with Crippen molar-refractivity contribution in [2.24, 2.45) is 34.5 Å². The van der Waals surface area contributed by atoms with Gasteiger partial charge in [-0.2, -0.15) is 0 Å². The zero-order valence-electron chi connectivity index (χ0n) is 14.2. The second-order valence-corrected chi connectivity index (χ2v) is 8.93. The summed E-state index contributed by atoms with van der Waals surface area (Å²) in [6, 6.07) is 0. The molecule has 0 spiro atoms. The van der Waals surface area contributed by atoms with E-state index in [1.54, 1.807) is 5.57 Å². The first kappa shape index (κ1) is 15.0. The SMILES string of the molecule is CC1CC2=CCC=C[C@]2(C)[C@@H]2CC[C@@]3(C)[C@@H](CCC3(O)O)[C@H]12. The predicted molar refractivity (Wildman–Crippen MR) is 87.9 cm³/mol. The minimum Gasteiger partial charge on any atom is -0.365 e. The topological polar surface area (TPSA) is 40.5 Å². The Morgan fingerprint density at radius 3 is 2.59 bits per heavy atom. The zero-order chi connectivity index (χ0) is 15.8. The number of hydrogen-bond acceptors (Lipinski definition) is 2. The van der Waals surface area contributed by atoms with Crippen molar-refractivity contribution in [2.45, 2.75) is 65.1 Å². The van der Waals surface area contributed by atoms with Gasteiger partial charge < -0.3 is 10.2 Å². The van der Waals surface area contributed by atoms with Crippen molar-refractivity contribution in [1.29, 1.82) is 0 Å². The van der Waals surface area contributed by atoms with Gasteiger partial charge in [-0.05, 0) is 55.8 Å². The Labute approximate surface area is 134 Å². The van der Waals surface area contributed by atoms with Crippen LogP contribution in [0.2, 0.25) is 0 Å². The van der Waals surface area contributed by atoms with E-state index in [0.29, 0.717) is 30.1 Å². The second-order valence-electron chi connectivity index (χ2n) is 8.93. The molecular formula is C20H30O2. The highest BCUT2D eigenvalue weighted by molar-refractivity contribution is 5.32. The number of hydrogen-bond donors (Lipinski definition) is 2. The predicted octanol–water partition coefficient (Wildman–Crippen LogP) is 4.04. The van der Waals surface area contributed by atoms with E-state index in [1.165, 1.54) is 6.42 Å². The van der Waals surface area contributed by atoms with E-state index >= 15 is 0 Å². The van der Waals surface area contributed by atoms with Crippen LogP contribution in [-0.4, -0.2) is 16.0 Å². The number of rotatable bonds is 0. The summed E-state index contributed by atoms with van der Waals surface area (Å²) in [4.78, 5) is 0. The van der Waals surface area contributed by atoms with Crippen molar-refractivity contribution < 1.29 is 10.2 Å². The van der Waals surface area contributed by atoms with Gasteiger partial charge in [0, 0.05) is 17.3 Å². The lowest BCUT2D eigenvalue weighted by molar-refractivity contribution is -0.248. The van der Waals surface area contributed by atoms with Gasteiger partial charge in [0.15, 0.2) is 5.79 Å². The molecule has 0 aromatic rings. The summed E-state index contributed by atoms with van der Waals surface area (Å²) in [5, 5.41) is 21.1. The average Bonchev–Trinajstić information content (AvgIpc) is 2.70. The molecule has 0 radical (unpaired) electrons. The molecule has 3 fully saturated rings. The van der Waals surface area contributed by atoms with E-state index in [0.717, 1.165) is 25.7 Å². The Bertz CT molecular complexity index is 546. The van der Waals surface area contributed by atoms with Crippen LogP contribution in [0.25, 0.3) is 0 Å². The van der Waals surface area contributed by atoms with Gasteiger partial charge in [0.2, 0.25) is 0 Å². The fourth-order valence-corrected chi connectivity index (χ4v) is 6.68. The standard InChI is InChI=1S/C20H30O2/c1-13-12-14-6-4-5-9-18(14,2)15-7-10-19(3)16(17(13)15)8-11-20(19,21)22/h5-6,9,13,15-17,21-22H,4,7-8,10-12H2,1-3H3/t13?,15-,16+,17-,18+,19+/m1/s1. The molecule has 6 atom stereocenters.